The number of rotatable bonds is 7. The molecule has 6 nitrogen and oxygen atoms in total. The molecule has 2 aromatic rings. The van der Waals surface area contributed by atoms with E-state index in [4.69, 9.17) is 33.7 Å². The summed E-state index contributed by atoms with van der Waals surface area (Å²) in [5.74, 6) is -1.76. The highest BCUT2D eigenvalue weighted by Crippen LogP contribution is 2.20. The van der Waals surface area contributed by atoms with E-state index in [9.17, 15) is 14.4 Å². The predicted octanol–water partition coefficient (Wildman–Crippen LogP) is 3.06. The molecule has 0 radical (unpaired) electrons. The van der Waals surface area contributed by atoms with Gasteiger partial charge in [0, 0.05) is 28.7 Å². The Morgan fingerprint density at radius 2 is 1.62 bits per heavy atom. The molecule has 0 saturated heterocycles. The zero-order valence-electron chi connectivity index (χ0n) is 13.7. The first-order valence-corrected chi connectivity index (χ1v) is 8.39. The van der Waals surface area contributed by atoms with Crippen molar-refractivity contribution in [1.82, 2.24) is 0 Å². The van der Waals surface area contributed by atoms with Crippen molar-refractivity contribution in [3.8, 4) is 0 Å². The Hall–Kier alpha value is -2.57. The quantitative estimate of drug-likeness (QED) is 0.730. The number of ether oxygens (including phenoxy) is 1. The second-order valence-corrected chi connectivity index (χ2v) is 6.20. The van der Waals surface area contributed by atoms with Gasteiger partial charge in [-0.15, -0.1) is 0 Å². The van der Waals surface area contributed by atoms with Gasteiger partial charge in [-0.2, -0.15) is 0 Å². The Kier molecular flexibility index (Phi) is 7.00. The van der Waals surface area contributed by atoms with Crippen LogP contribution < -0.4 is 10.6 Å². The first-order valence-electron chi connectivity index (χ1n) is 7.64. The molecule has 0 aliphatic rings. The molecule has 0 unspecified atom stereocenters. The van der Waals surface area contributed by atoms with Gasteiger partial charge >= 0.3 is 5.97 Å². The van der Waals surface area contributed by atoms with Crippen LogP contribution in [0.4, 0.5) is 5.69 Å². The van der Waals surface area contributed by atoms with Gasteiger partial charge < -0.3 is 15.4 Å². The molecule has 136 valence electrons. The Bertz CT molecular complexity index is 792. The third-order valence-electron chi connectivity index (χ3n) is 3.38. The second-order valence-electron chi connectivity index (χ2n) is 5.33. The van der Waals surface area contributed by atoms with Crippen molar-refractivity contribution >= 4 is 46.7 Å². The highest BCUT2D eigenvalue weighted by Gasteiger charge is 2.19. The molecule has 2 rings (SSSR count). The maximum Gasteiger partial charge on any atom is 0.338 e. The Balaban J connectivity index is 2.06. The van der Waals surface area contributed by atoms with Gasteiger partial charge in [0.25, 0.3) is 5.91 Å². The number of amides is 2. The van der Waals surface area contributed by atoms with Crippen molar-refractivity contribution in [2.24, 2.45) is 5.73 Å². The molecule has 0 saturated carbocycles. The number of halogens is 2. The van der Waals surface area contributed by atoms with E-state index in [-0.39, 0.29) is 28.6 Å². The molecule has 26 heavy (non-hydrogen) atoms. The third kappa shape index (κ3) is 5.75. The van der Waals surface area contributed by atoms with Crippen LogP contribution in [0.3, 0.4) is 0 Å². The monoisotopic (exact) mass is 394 g/mol. The van der Waals surface area contributed by atoms with Gasteiger partial charge in [-0.25, -0.2) is 4.79 Å². The van der Waals surface area contributed by atoms with E-state index in [1.807, 2.05) is 0 Å². The summed E-state index contributed by atoms with van der Waals surface area (Å²) in [7, 11) is 0. The van der Waals surface area contributed by atoms with Crippen LogP contribution in [-0.4, -0.2) is 30.9 Å². The lowest BCUT2D eigenvalue weighted by Crippen LogP contribution is -2.37. The molecule has 0 spiro atoms. The summed E-state index contributed by atoms with van der Waals surface area (Å²) in [4.78, 5) is 36.9. The second kappa shape index (κ2) is 9.22. The molecular formula is C18H16Cl2N2O4. The van der Waals surface area contributed by atoms with Crippen LogP contribution in [0.15, 0.2) is 48.5 Å². The van der Waals surface area contributed by atoms with Crippen LogP contribution in [0.2, 0.25) is 10.0 Å². The molecule has 0 aliphatic carbocycles. The van der Waals surface area contributed by atoms with Crippen molar-refractivity contribution in [3.05, 3.63) is 64.1 Å². The third-order valence-corrected chi connectivity index (χ3v) is 3.81. The summed E-state index contributed by atoms with van der Waals surface area (Å²) in [6.07, 6.45) is -0.0154. The molecule has 2 N–H and O–H groups in total. The van der Waals surface area contributed by atoms with Gasteiger partial charge in [0.15, 0.2) is 6.61 Å². The zero-order chi connectivity index (χ0) is 19.1. The molecule has 8 heteroatoms. The average Bonchev–Trinajstić information content (AvgIpc) is 2.59. The van der Waals surface area contributed by atoms with E-state index in [0.717, 1.165) is 0 Å². The molecule has 2 amide bonds. The average molecular weight is 395 g/mol. The summed E-state index contributed by atoms with van der Waals surface area (Å²) >= 11 is 11.7. The van der Waals surface area contributed by atoms with E-state index in [1.165, 1.54) is 23.1 Å². The van der Waals surface area contributed by atoms with Crippen molar-refractivity contribution in [2.75, 3.05) is 18.1 Å². The van der Waals surface area contributed by atoms with Crippen LogP contribution in [0, 0.1) is 0 Å². The van der Waals surface area contributed by atoms with Gasteiger partial charge in [-0.05, 0) is 30.3 Å². The zero-order valence-corrected chi connectivity index (χ0v) is 15.2. The first-order chi connectivity index (χ1) is 12.4. The number of carbonyl (C=O) groups is 3. The van der Waals surface area contributed by atoms with Gasteiger partial charge in [-0.1, -0.05) is 41.4 Å². The van der Waals surface area contributed by atoms with Crippen LogP contribution >= 0.6 is 23.2 Å². The number of nitrogens with two attached hydrogens (primary N) is 1. The van der Waals surface area contributed by atoms with Crippen LogP contribution in [0.5, 0.6) is 0 Å². The number of primary amides is 1. The smallest absolute Gasteiger partial charge is 0.338 e. The molecule has 0 heterocycles. The number of benzene rings is 2. The van der Waals surface area contributed by atoms with Gasteiger partial charge in [-0.3, -0.25) is 9.59 Å². The minimum absolute atomic E-state index is 0.0154. The number of anilines is 1. The number of carbonyl (C=O) groups excluding carboxylic acids is 3. The minimum Gasteiger partial charge on any atom is -0.452 e. The molecule has 0 aliphatic heterocycles. The lowest BCUT2D eigenvalue weighted by atomic mass is 10.2. The van der Waals surface area contributed by atoms with E-state index in [2.05, 4.69) is 0 Å². The minimum atomic E-state index is -0.731. The summed E-state index contributed by atoms with van der Waals surface area (Å²) in [6, 6.07) is 13.0. The fraction of sp³-hybridized carbons (Fsp3) is 0.167. The van der Waals surface area contributed by atoms with Crippen LogP contribution in [0.25, 0.3) is 0 Å². The number of esters is 1. The topological polar surface area (TPSA) is 89.7 Å². The number of para-hydroxylation sites is 1. The first kappa shape index (κ1) is 19.8. The Morgan fingerprint density at radius 1 is 1.00 bits per heavy atom. The Labute approximate surface area is 160 Å². The Morgan fingerprint density at radius 3 is 2.19 bits per heavy atom. The molecule has 0 aromatic heterocycles. The van der Waals surface area contributed by atoms with E-state index in [0.29, 0.717) is 5.69 Å². The van der Waals surface area contributed by atoms with Crippen molar-refractivity contribution < 1.29 is 19.1 Å². The predicted molar refractivity (Wildman–Crippen MR) is 99.4 cm³/mol. The van der Waals surface area contributed by atoms with Crippen molar-refractivity contribution in [3.63, 3.8) is 0 Å². The van der Waals surface area contributed by atoms with Gasteiger partial charge in [0.05, 0.1) is 5.56 Å². The SMILES string of the molecule is NC(=O)CCN(C(=O)COC(=O)c1cc(Cl)cc(Cl)c1)c1ccccc1. The molecular weight excluding hydrogens is 379 g/mol. The number of nitrogens with zero attached hydrogens (tertiary/aromatic N) is 1. The van der Waals surface area contributed by atoms with Crippen molar-refractivity contribution in [1.29, 1.82) is 0 Å². The fourth-order valence-electron chi connectivity index (χ4n) is 2.19. The van der Waals surface area contributed by atoms with E-state index in [1.54, 1.807) is 30.3 Å². The molecule has 0 atom stereocenters. The van der Waals surface area contributed by atoms with Gasteiger partial charge in [0.2, 0.25) is 5.91 Å². The lowest BCUT2D eigenvalue weighted by molar-refractivity contribution is -0.121. The van der Waals surface area contributed by atoms with Gasteiger partial charge in [0.1, 0.15) is 0 Å². The highest BCUT2D eigenvalue weighted by atomic mass is 35.5. The van der Waals surface area contributed by atoms with E-state index < -0.39 is 24.4 Å². The maximum absolute atomic E-state index is 12.5. The molecule has 0 bridgehead atoms. The standard InChI is InChI=1S/C18H16Cl2N2O4/c19-13-8-12(9-14(20)10-13)18(25)26-11-17(24)22(7-6-16(21)23)15-4-2-1-3-5-15/h1-5,8-10H,6-7,11H2,(H2,21,23). The largest absolute Gasteiger partial charge is 0.452 e. The molecule has 2 aromatic carbocycles. The van der Waals surface area contributed by atoms with Crippen LogP contribution in [0.1, 0.15) is 16.8 Å². The lowest BCUT2D eigenvalue weighted by Gasteiger charge is -2.22. The summed E-state index contributed by atoms with van der Waals surface area (Å²) in [5.41, 5.74) is 5.87. The fourth-order valence-corrected chi connectivity index (χ4v) is 2.71. The summed E-state index contributed by atoms with van der Waals surface area (Å²) < 4.78 is 5.05. The summed E-state index contributed by atoms with van der Waals surface area (Å²) in [5, 5.41) is 0.561. The van der Waals surface area contributed by atoms with Crippen LogP contribution in [-0.2, 0) is 14.3 Å². The summed E-state index contributed by atoms with van der Waals surface area (Å²) in [6.45, 7) is -0.421. The maximum atomic E-state index is 12.5. The van der Waals surface area contributed by atoms with Crippen molar-refractivity contribution in [2.45, 2.75) is 6.42 Å². The highest BCUT2D eigenvalue weighted by molar-refractivity contribution is 6.35. The molecule has 0 fully saturated rings. The number of hydrogen-bond donors (Lipinski definition) is 1. The van der Waals surface area contributed by atoms with E-state index >= 15 is 0 Å². The normalized spacial score (nSPS) is 10.2. The number of hydrogen-bond acceptors (Lipinski definition) is 4.